The molecular weight excluding hydrogens is 210 g/mol. The number of hydrogen-bond donors (Lipinski definition) is 1. The summed E-state index contributed by atoms with van der Waals surface area (Å²) in [6.07, 6.45) is 6.85. The van der Waals surface area contributed by atoms with E-state index in [2.05, 4.69) is 12.1 Å². The Labute approximate surface area is 104 Å². The summed E-state index contributed by atoms with van der Waals surface area (Å²) in [5.74, 6) is 0.751. The summed E-state index contributed by atoms with van der Waals surface area (Å²) >= 11 is 0. The lowest BCUT2D eigenvalue weighted by Crippen LogP contribution is -2.20. The molecular formula is C15H23NO. The molecule has 2 rings (SSSR count). The van der Waals surface area contributed by atoms with Gasteiger partial charge in [-0.15, -0.1) is 0 Å². The fourth-order valence-corrected chi connectivity index (χ4v) is 2.57. The first-order chi connectivity index (χ1) is 8.40. The molecule has 1 atom stereocenters. The molecule has 0 radical (unpaired) electrons. The van der Waals surface area contributed by atoms with Crippen LogP contribution in [0.4, 0.5) is 0 Å². The molecule has 1 fully saturated rings. The van der Waals surface area contributed by atoms with Gasteiger partial charge in [0.15, 0.2) is 0 Å². The molecule has 1 saturated carbocycles. The lowest BCUT2D eigenvalue weighted by atomic mass is 9.90. The molecule has 2 N–H and O–H groups in total. The number of nitrogens with two attached hydrogens (primary N) is 1. The molecule has 0 spiro atoms. The lowest BCUT2D eigenvalue weighted by Gasteiger charge is -2.24. The highest BCUT2D eigenvalue weighted by Gasteiger charge is 2.16. The second-order valence-corrected chi connectivity index (χ2v) is 4.97. The molecule has 0 heterocycles. The smallest absolute Gasteiger partial charge is 0.0947 e. The SMILES string of the molecule is NC[C@H](OCC1CCCCC1)c1ccccc1. The van der Waals surface area contributed by atoms with E-state index in [1.807, 2.05) is 18.2 Å². The van der Waals surface area contributed by atoms with Gasteiger partial charge in [-0.2, -0.15) is 0 Å². The second-order valence-electron chi connectivity index (χ2n) is 4.97. The average Bonchev–Trinajstić information content (AvgIpc) is 2.42. The predicted octanol–water partition coefficient (Wildman–Crippen LogP) is 3.28. The largest absolute Gasteiger partial charge is 0.372 e. The van der Waals surface area contributed by atoms with Crippen LogP contribution >= 0.6 is 0 Å². The lowest BCUT2D eigenvalue weighted by molar-refractivity contribution is 0.0246. The monoisotopic (exact) mass is 233 g/mol. The van der Waals surface area contributed by atoms with Crippen LogP contribution in [-0.4, -0.2) is 13.2 Å². The maximum Gasteiger partial charge on any atom is 0.0947 e. The third-order valence-electron chi connectivity index (χ3n) is 3.64. The molecule has 1 aliphatic rings. The van der Waals surface area contributed by atoms with E-state index in [4.69, 9.17) is 10.5 Å². The predicted molar refractivity (Wildman–Crippen MR) is 70.8 cm³/mol. The fourth-order valence-electron chi connectivity index (χ4n) is 2.57. The van der Waals surface area contributed by atoms with Crippen molar-refractivity contribution in [2.75, 3.05) is 13.2 Å². The van der Waals surface area contributed by atoms with Crippen LogP contribution < -0.4 is 5.73 Å². The maximum atomic E-state index is 5.99. The molecule has 1 aromatic rings. The molecule has 1 aromatic carbocycles. The van der Waals surface area contributed by atoms with Gasteiger partial charge in [0.1, 0.15) is 0 Å². The molecule has 0 amide bonds. The molecule has 0 unspecified atom stereocenters. The highest BCUT2D eigenvalue weighted by Crippen LogP contribution is 2.26. The Kier molecular flexibility index (Phi) is 5.02. The van der Waals surface area contributed by atoms with Crippen LogP contribution in [0.1, 0.15) is 43.8 Å². The van der Waals surface area contributed by atoms with E-state index >= 15 is 0 Å². The van der Waals surface area contributed by atoms with E-state index in [9.17, 15) is 0 Å². The van der Waals surface area contributed by atoms with E-state index in [0.717, 1.165) is 12.5 Å². The van der Waals surface area contributed by atoms with Crippen molar-refractivity contribution in [3.05, 3.63) is 35.9 Å². The van der Waals surface area contributed by atoms with Crippen LogP contribution in [0.15, 0.2) is 30.3 Å². The van der Waals surface area contributed by atoms with Gasteiger partial charge < -0.3 is 10.5 Å². The third kappa shape index (κ3) is 3.83. The van der Waals surface area contributed by atoms with Crippen LogP contribution in [0, 0.1) is 5.92 Å². The first kappa shape index (κ1) is 12.6. The second kappa shape index (κ2) is 6.77. The first-order valence-corrected chi connectivity index (χ1v) is 6.76. The molecule has 94 valence electrons. The van der Waals surface area contributed by atoms with E-state index in [1.165, 1.54) is 37.7 Å². The van der Waals surface area contributed by atoms with Gasteiger partial charge >= 0.3 is 0 Å². The Morgan fingerprint density at radius 2 is 1.82 bits per heavy atom. The van der Waals surface area contributed by atoms with Gasteiger partial charge in [-0.25, -0.2) is 0 Å². The minimum Gasteiger partial charge on any atom is -0.372 e. The first-order valence-electron chi connectivity index (χ1n) is 6.76. The molecule has 0 aromatic heterocycles. The summed E-state index contributed by atoms with van der Waals surface area (Å²) in [5.41, 5.74) is 7.00. The normalized spacial score (nSPS) is 19.1. The Hall–Kier alpha value is -0.860. The van der Waals surface area contributed by atoms with Crippen LogP contribution in [0.2, 0.25) is 0 Å². The molecule has 1 aliphatic carbocycles. The minimum atomic E-state index is 0.0677. The van der Waals surface area contributed by atoms with Crippen molar-refractivity contribution in [2.45, 2.75) is 38.2 Å². The summed E-state index contributed by atoms with van der Waals surface area (Å²) in [6.45, 7) is 1.44. The molecule has 17 heavy (non-hydrogen) atoms. The van der Waals surface area contributed by atoms with E-state index in [1.54, 1.807) is 0 Å². The Balaban J connectivity index is 1.83. The Morgan fingerprint density at radius 1 is 1.12 bits per heavy atom. The van der Waals surface area contributed by atoms with Gasteiger partial charge in [0.05, 0.1) is 12.7 Å². The standard InChI is InChI=1S/C15H23NO/c16-11-15(14-9-5-2-6-10-14)17-12-13-7-3-1-4-8-13/h2,5-6,9-10,13,15H,1,3-4,7-8,11-12,16H2/t15-/m0/s1. The zero-order chi connectivity index (χ0) is 11.9. The van der Waals surface area contributed by atoms with E-state index in [-0.39, 0.29) is 6.10 Å². The highest BCUT2D eigenvalue weighted by molar-refractivity contribution is 5.17. The van der Waals surface area contributed by atoms with E-state index < -0.39 is 0 Å². The molecule has 0 saturated heterocycles. The summed E-state index contributed by atoms with van der Waals surface area (Å²) in [5, 5.41) is 0. The molecule has 2 heteroatoms. The summed E-state index contributed by atoms with van der Waals surface area (Å²) in [6, 6.07) is 10.3. The van der Waals surface area contributed by atoms with Crippen molar-refractivity contribution in [1.29, 1.82) is 0 Å². The van der Waals surface area contributed by atoms with Gasteiger partial charge in [-0.1, -0.05) is 49.6 Å². The van der Waals surface area contributed by atoms with Crippen LogP contribution in [0.25, 0.3) is 0 Å². The van der Waals surface area contributed by atoms with Crippen LogP contribution in [0.5, 0.6) is 0 Å². The maximum absolute atomic E-state index is 5.99. The third-order valence-corrected chi connectivity index (χ3v) is 3.64. The number of ether oxygens (including phenoxy) is 1. The molecule has 0 aliphatic heterocycles. The Morgan fingerprint density at radius 3 is 2.47 bits per heavy atom. The van der Waals surface area contributed by atoms with Crippen molar-refractivity contribution in [1.82, 2.24) is 0 Å². The quantitative estimate of drug-likeness (QED) is 0.847. The van der Waals surface area contributed by atoms with Crippen LogP contribution in [0.3, 0.4) is 0 Å². The van der Waals surface area contributed by atoms with Gasteiger partial charge in [0.2, 0.25) is 0 Å². The zero-order valence-electron chi connectivity index (χ0n) is 10.5. The van der Waals surface area contributed by atoms with Gasteiger partial charge in [-0.05, 0) is 24.3 Å². The summed E-state index contributed by atoms with van der Waals surface area (Å²) in [7, 11) is 0. The number of benzene rings is 1. The van der Waals surface area contributed by atoms with Crippen molar-refractivity contribution in [2.24, 2.45) is 11.7 Å². The highest BCUT2D eigenvalue weighted by atomic mass is 16.5. The zero-order valence-corrected chi connectivity index (χ0v) is 10.5. The van der Waals surface area contributed by atoms with Crippen molar-refractivity contribution >= 4 is 0 Å². The minimum absolute atomic E-state index is 0.0677. The number of hydrogen-bond acceptors (Lipinski definition) is 2. The van der Waals surface area contributed by atoms with Gasteiger partial charge in [0.25, 0.3) is 0 Å². The van der Waals surface area contributed by atoms with Crippen molar-refractivity contribution < 1.29 is 4.74 Å². The summed E-state index contributed by atoms with van der Waals surface area (Å²) < 4.78 is 5.99. The Bertz CT molecular complexity index is 306. The van der Waals surface area contributed by atoms with Crippen LogP contribution in [-0.2, 0) is 4.74 Å². The average molecular weight is 233 g/mol. The topological polar surface area (TPSA) is 35.2 Å². The van der Waals surface area contributed by atoms with Crippen molar-refractivity contribution in [3.63, 3.8) is 0 Å². The summed E-state index contributed by atoms with van der Waals surface area (Å²) in [4.78, 5) is 0. The number of rotatable bonds is 5. The molecule has 0 bridgehead atoms. The van der Waals surface area contributed by atoms with E-state index in [0.29, 0.717) is 6.54 Å². The fraction of sp³-hybridized carbons (Fsp3) is 0.600. The molecule has 2 nitrogen and oxygen atoms in total. The van der Waals surface area contributed by atoms with Gasteiger partial charge in [-0.3, -0.25) is 0 Å². The van der Waals surface area contributed by atoms with Crippen molar-refractivity contribution in [3.8, 4) is 0 Å². The van der Waals surface area contributed by atoms with Gasteiger partial charge in [0, 0.05) is 6.54 Å².